The molecular weight excluding hydrogens is 349 g/mol. The van der Waals surface area contributed by atoms with Crippen LogP contribution >= 0.6 is 15.9 Å². The molecule has 0 saturated carbocycles. The zero-order valence-corrected chi connectivity index (χ0v) is 13.0. The topological polar surface area (TPSA) is 56.0 Å². The standard InChI is InChI=1S/C15H9BrFN5/c1-8-14-21-20-11-5-4-9(10-3-2-6-18-13(10)17)7-12(11)22(14)15(16)19-8/h2-7H,1H3. The summed E-state index contributed by atoms with van der Waals surface area (Å²) in [5, 5.41) is 8.38. The van der Waals surface area contributed by atoms with Gasteiger partial charge in [0.2, 0.25) is 5.95 Å². The third-order valence-corrected chi connectivity index (χ3v) is 4.05. The number of hydrogen-bond donors (Lipinski definition) is 0. The van der Waals surface area contributed by atoms with Crippen LogP contribution in [-0.2, 0) is 0 Å². The van der Waals surface area contributed by atoms with Gasteiger partial charge in [0.15, 0.2) is 10.4 Å². The van der Waals surface area contributed by atoms with Gasteiger partial charge < -0.3 is 0 Å². The van der Waals surface area contributed by atoms with Crippen molar-refractivity contribution in [1.29, 1.82) is 0 Å². The highest BCUT2D eigenvalue weighted by Crippen LogP contribution is 2.27. The molecule has 0 fully saturated rings. The third kappa shape index (κ3) is 1.89. The molecule has 0 aliphatic heterocycles. The first kappa shape index (κ1) is 13.3. The summed E-state index contributed by atoms with van der Waals surface area (Å²) in [4.78, 5) is 8.05. The number of fused-ring (bicyclic) bond motifs is 3. The van der Waals surface area contributed by atoms with E-state index in [4.69, 9.17) is 0 Å². The summed E-state index contributed by atoms with van der Waals surface area (Å²) < 4.78 is 16.4. The highest BCUT2D eigenvalue weighted by atomic mass is 79.9. The second kappa shape index (κ2) is 4.81. The van der Waals surface area contributed by atoms with Crippen LogP contribution in [0.3, 0.4) is 0 Å². The van der Waals surface area contributed by atoms with Gasteiger partial charge in [0.1, 0.15) is 5.52 Å². The van der Waals surface area contributed by atoms with Crippen molar-refractivity contribution in [1.82, 2.24) is 24.6 Å². The minimum absolute atomic E-state index is 0.447. The Bertz CT molecular complexity index is 1030. The summed E-state index contributed by atoms with van der Waals surface area (Å²) in [6.45, 7) is 1.87. The number of halogens is 2. The Labute approximate surface area is 133 Å². The van der Waals surface area contributed by atoms with Crippen molar-refractivity contribution in [2.45, 2.75) is 6.92 Å². The molecule has 4 aromatic rings. The van der Waals surface area contributed by atoms with E-state index in [1.807, 2.05) is 23.5 Å². The van der Waals surface area contributed by atoms with E-state index in [1.54, 1.807) is 18.2 Å². The molecule has 0 saturated heterocycles. The fraction of sp³-hybridized carbons (Fsp3) is 0.0667. The van der Waals surface area contributed by atoms with E-state index < -0.39 is 5.95 Å². The van der Waals surface area contributed by atoms with Crippen molar-refractivity contribution in [2.24, 2.45) is 0 Å². The van der Waals surface area contributed by atoms with Crippen LogP contribution in [0.4, 0.5) is 4.39 Å². The van der Waals surface area contributed by atoms with E-state index >= 15 is 0 Å². The Morgan fingerprint density at radius 2 is 2.05 bits per heavy atom. The van der Waals surface area contributed by atoms with Crippen molar-refractivity contribution in [3.8, 4) is 11.1 Å². The molecule has 5 nitrogen and oxygen atoms in total. The number of imidazole rings is 1. The summed E-state index contributed by atoms with van der Waals surface area (Å²) in [5.74, 6) is -0.499. The average Bonchev–Trinajstić information content (AvgIpc) is 2.82. The summed E-state index contributed by atoms with van der Waals surface area (Å²) in [6.07, 6.45) is 1.43. The predicted molar refractivity (Wildman–Crippen MR) is 83.9 cm³/mol. The van der Waals surface area contributed by atoms with Gasteiger partial charge in [-0.25, -0.2) is 9.97 Å². The molecule has 7 heteroatoms. The van der Waals surface area contributed by atoms with Crippen molar-refractivity contribution in [3.05, 3.63) is 52.9 Å². The molecule has 0 radical (unpaired) electrons. The first-order valence-electron chi connectivity index (χ1n) is 6.57. The normalized spacial score (nSPS) is 11.4. The van der Waals surface area contributed by atoms with Gasteiger partial charge in [0.25, 0.3) is 0 Å². The molecule has 3 aromatic heterocycles. The minimum Gasteiger partial charge on any atom is -0.268 e. The third-order valence-electron chi connectivity index (χ3n) is 3.52. The maximum Gasteiger partial charge on any atom is 0.220 e. The molecule has 4 rings (SSSR count). The van der Waals surface area contributed by atoms with E-state index in [-0.39, 0.29) is 0 Å². The molecule has 22 heavy (non-hydrogen) atoms. The number of benzene rings is 1. The number of rotatable bonds is 1. The second-order valence-corrected chi connectivity index (χ2v) is 5.58. The summed E-state index contributed by atoms with van der Waals surface area (Å²) in [6, 6.07) is 8.89. The first-order chi connectivity index (χ1) is 10.6. The van der Waals surface area contributed by atoms with E-state index in [1.165, 1.54) is 6.20 Å². The van der Waals surface area contributed by atoms with Crippen LogP contribution in [0.25, 0.3) is 27.8 Å². The molecule has 0 N–H and O–H groups in total. The number of hydrogen-bond acceptors (Lipinski definition) is 4. The van der Waals surface area contributed by atoms with Crippen molar-refractivity contribution in [2.75, 3.05) is 0 Å². The quantitative estimate of drug-likeness (QED) is 0.489. The van der Waals surface area contributed by atoms with Gasteiger partial charge in [-0.1, -0.05) is 6.07 Å². The molecule has 0 amide bonds. The fourth-order valence-corrected chi connectivity index (χ4v) is 3.10. The maximum absolute atomic E-state index is 13.9. The first-order valence-corrected chi connectivity index (χ1v) is 7.36. The molecule has 0 unspecified atom stereocenters. The lowest BCUT2D eigenvalue weighted by Gasteiger charge is -2.06. The number of aromatic nitrogens is 5. The van der Waals surface area contributed by atoms with Gasteiger partial charge in [-0.05, 0) is 52.7 Å². The summed E-state index contributed by atoms with van der Waals surface area (Å²) in [5.41, 5.74) is 4.13. The highest BCUT2D eigenvalue weighted by molar-refractivity contribution is 9.10. The minimum atomic E-state index is -0.499. The van der Waals surface area contributed by atoms with Crippen LogP contribution in [0.5, 0.6) is 0 Å². The van der Waals surface area contributed by atoms with Crippen molar-refractivity contribution < 1.29 is 4.39 Å². The van der Waals surface area contributed by atoms with Gasteiger partial charge in [0.05, 0.1) is 11.2 Å². The number of aryl methyl sites for hydroxylation is 1. The van der Waals surface area contributed by atoms with Crippen molar-refractivity contribution >= 4 is 32.6 Å². The fourth-order valence-electron chi connectivity index (χ4n) is 2.48. The molecule has 0 atom stereocenters. The Balaban J connectivity index is 2.08. The SMILES string of the molecule is Cc1nc(Br)n2c1nnc1ccc(-c3cccnc3F)cc12. The van der Waals surface area contributed by atoms with Gasteiger partial charge in [-0.2, -0.15) is 4.39 Å². The molecule has 0 spiro atoms. The van der Waals surface area contributed by atoms with Crippen LogP contribution in [0.2, 0.25) is 0 Å². The zero-order valence-electron chi connectivity index (χ0n) is 11.5. The van der Waals surface area contributed by atoms with E-state index in [9.17, 15) is 4.39 Å². The lowest BCUT2D eigenvalue weighted by atomic mass is 10.1. The molecule has 108 valence electrons. The second-order valence-electron chi connectivity index (χ2n) is 4.87. The van der Waals surface area contributed by atoms with Crippen LogP contribution in [0.1, 0.15) is 5.69 Å². The lowest BCUT2D eigenvalue weighted by molar-refractivity contribution is 0.587. The summed E-state index contributed by atoms with van der Waals surface area (Å²) in [7, 11) is 0. The van der Waals surface area contributed by atoms with E-state index in [2.05, 4.69) is 36.1 Å². The van der Waals surface area contributed by atoms with Gasteiger partial charge in [-0.3, -0.25) is 4.40 Å². The van der Waals surface area contributed by atoms with Gasteiger partial charge in [0, 0.05) is 11.8 Å². The smallest absolute Gasteiger partial charge is 0.220 e. The Hall–Kier alpha value is -2.41. The van der Waals surface area contributed by atoms with Crippen LogP contribution < -0.4 is 0 Å². The Morgan fingerprint density at radius 1 is 1.18 bits per heavy atom. The molecule has 0 bridgehead atoms. The molecule has 0 aliphatic carbocycles. The molecule has 3 heterocycles. The largest absolute Gasteiger partial charge is 0.268 e. The lowest BCUT2D eigenvalue weighted by Crippen LogP contribution is -1.96. The maximum atomic E-state index is 13.9. The van der Waals surface area contributed by atoms with E-state index in [0.717, 1.165) is 16.8 Å². The Morgan fingerprint density at radius 3 is 2.86 bits per heavy atom. The average molecular weight is 358 g/mol. The summed E-state index contributed by atoms with van der Waals surface area (Å²) >= 11 is 3.43. The monoisotopic (exact) mass is 357 g/mol. The van der Waals surface area contributed by atoms with Crippen LogP contribution in [-0.4, -0.2) is 24.6 Å². The van der Waals surface area contributed by atoms with Crippen LogP contribution in [0.15, 0.2) is 41.3 Å². The van der Waals surface area contributed by atoms with Crippen molar-refractivity contribution in [3.63, 3.8) is 0 Å². The molecule has 1 aromatic carbocycles. The zero-order chi connectivity index (χ0) is 15.3. The highest BCUT2D eigenvalue weighted by Gasteiger charge is 2.13. The van der Waals surface area contributed by atoms with Gasteiger partial charge in [-0.15, -0.1) is 10.2 Å². The Kier molecular flexibility index (Phi) is 2.90. The van der Waals surface area contributed by atoms with Gasteiger partial charge >= 0.3 is 0 Å². The van der Waals surface area contributed by atoms with Crippen LogP contribution in [0, 0.1) is 12.9 Å². The number of nitrogens with zero attached hydrogens (tertiary/aromatic N) is 5. The molecule has 0 aliphatic rings. The number of pyridine rings is 1. The molecular formula is C15H9BrFN5. The predicted octanol–water partition coefficient (Wildman–Crippen LogP) is 3.55. The van der Waals surface area contributed by atoms with E-state index in [0.29, 0.717) is 21.5 Å².